The van der Waals surface area contributed by atoms with E-state index >= 15 is 0 Å². The molecule has 2 aliphatic rings. The van der Waals surface area contributed by atoms with Crippen LogP contribution < -0.4 is 0 Å². The zero-order chi connectivity index (χ0) is 8.77. The summed E-state index contributed by atoms with van der Waals surface area (Å²) < 4.78 is 5.26. The van der Waals surface area contributed by atoms with Crippen LogP contribution in [0, 0.1) is 11.3 Å². The van der Waals surface area contributed by atoms with Crippen LogP contribution in [0.1, 0.15) is 26.7 Å². The first-order valence-corrected chi connectivity index (χ1v) is 4.47. The van der Waals surface area contributed by atoms with Crippen molar-refractivity contribution in [3.8, 4) is 0 Å². The van der Waals surface area contributed by atoms with Gasteiger partial charge in [0.25, 0.3) is 0 Å². The van der Waals surface area contributed by atoms with Crippen molar-refractivity contribution in [2.45, 2.75) is 32.8 Å². The molecule has 0 aliphatic heterocycles. The number of ether oxygens (including phenoxy) is 1. The summed E-state index contributed by atoms with van der Waals surface area (Å²) >= 11 is 0. The highest BCUT2D eigenvalue weighted by Crippen LogP contribution is 2.50. The predicted octanol–water partition coefficient (Wildman–Crippen LogP) is 1.90. The van der Waals surface area contributed by atoms with Gasteiger partial charge in [0.1, 0.15) is 6.10 Å². The maximum absolute atomic E-state index is 10.8. The molecule has 2 bridgehead atoms. The molecule has 66 valence electrons. The first-order chi connectivity index (χ1) is 5.60. The highest BCUT2D eigenvalue weighted by atomic mass is 16.5. The molecule has 1 fully saturated rings. The third-order valence-corrected chi connectivity index (χ3v) is 3.01. The Morgan fingerprint density at radius 1 is 1.67 bits per heavy atom. The van der Waals surface area contributed by atoms with Crippen molar-refractivity contribution in [2.75, 3.05) is 0 Å². The fourth-order valence-electron chi connectivity index (χ4n) is 2.38. The molecular weight excluding hydrogens is 152 g/mol. The summed E-state index contributed by atoms with van der Waals surface area (Å²) in [4.78, 5) is 10.8. The maximum Gasteiger partial charge on any atom is 0.302 e. The maximum atomic E-state index is 10.8. The monoisotopic (exact) mass is 166 g/mol. The van der Waals surface area contributed by atoms with Crippen molar-refractivity contribution in [1.82, 2.24) is 0 Å². The van der Waals surface area contributed by atoms with Crippen molar-refractivity contribution >= 4 is 5.97 Å². The van der Waals surface area contributed by atoms with E-state index in [4.69, 9.17) is 4.74 Å². The third kappa shape index (κ3) is 1.06. The molecule has 0 heterocycles. The standard InChI is InChI=1S/C10H14O2/c1-7(11)12-9-5-8-3-4-10(9,2)6-8/h3-4,8-9H,5-6H2,1-2H3. The second kappa shape index (κ2) is 2.35. The van der Waals surface area contributed by atoms with Crippen LogP contribution >= 0.6 is 0 Å². The normalized spacial score (nSPS) is 43.5. The van der Waals surface area contributed by atoms with Gasteiger partial charge in [0.05, 0.1) is 0 Å². The van der Waals surface area contributed by atoms with Crippen molar-refractivity contribution in [3.63, 3.8) is 0 Å². The van der Waals surface area contributed by atoms with Crippen molar-refractivity contribution in [1.29, 1.82) is 0 Å². The molecule has 2 rings (SSSR count). The summed E-state index contributed by atoms with van der Waals surface area (Å²) in [6.45, 7) is 3.66. The van der Waals surface area contributed by atoms with Gasteiger partial charge in [-0.05, 0) is 18.8 Å². The SMILES string of the molecule is CC(=O)OC1CC2C=CC1(C)C2. The van der Waals surface area contributed by atoms with Gasteiger partial charge >= 0.3 is 5.97 Å². The molecule has 0 aromatic rings. The first-order valence-electron chi connectivity index (χ1n) is 4.47. The predicted molar refractivity (Wildman–Crippen MR) is 45.5 cm³/mol. The van der Waals surface area contributed by atoms with E-state index in [1.54, 1.807) is 0 Å². The van der Waals surface area contributed by atoms with Gasteiger partial charge < -0.3 is 4.74 Å². The Kier molecular flexibility index (Phi) is 1.53. The molecule has 2 heteroatoms. The van der Waals surface area contributed by atoms with E-state index in [0.29, 0.717) is 5.92 Å². The molecule has 0 radical (unpaired) electrons. The molecule has 0 aromatic heterocycles. The van der Waals surface area contributed by atoms with E-state index in [1.165, 1.54) is 6.92 Å². The summed E-state index contributed by atoms with van der Waals surface area (Å²) in [5.41, 5.74) is 0.135. The molecule has 0 amide bonds. The number of allylic oxidation sites excluding steroid dienone is 1. The van der Waals surface area contributed by atoms with E-state index in [1.807, 2.05) is 0 Å². The number of hydrogen-bond acceptors (Lipinski definition) is 2. The minimum Gasteiger partial charge on any atom is -0.462 e. The molecular formula is C10H14O2. The largest absolute Gasteiger partial charge is 0.462 e. The van der Waals surface area contributed by atoms with Gasteiger partial charge in [-0.25, -0.2) is 0 Å². The van der Waals surface area contributed by atoms with Crippen LogP contribution in [0.2, 0.25) is 0 Å². The number of hydrogen-bond donors (Lipinski definition) is 0. The summed E-state index contributed by atoms with van der Waals surface area (Å²) in [5.74, 6) is 0.501. The van der Waals surface area contributed by atoms with Crippen LogP contribution in [0.3, 0.4) is 0 Å². The lowest BCUT2D eigenvalue weighted by atomic mass is 9.88. The Bertz CT molecular complexity index is 244. The summed E-state index contributed by atoms with van der Waals surface area (Å²) in [7, 11) is 0. The molecule has 0 aromatic carbocycles. The molecule has 12 heavy (non-hydrogen) atoms. The van der Waals surface area contributed by atoms with Crippen LogP contribution in [-0.2, 0) is 9.53 Å². The molecule has 3 unspecified atom stereocenters. The Balaban J connectivity index is 2.10. The summed E-state index contributed by atoms with van der Waals surface area (Å²) in [6, 6.07) is 0. The Morgan fingerprint density at radius 2 is 2.42 bits per heavy atom. The molecule has 0 spiro atoms. The van der Waals surface area contributed by atoms with Crippen LogP contribution in [0.4, 0.5) is 0 Å². The minimum atomic E-state index is -0.151. The lowest BCUT2D eigenvalue weighted by Gasteiger charge is -2.27. The molecule has 0 N–H and O–H groups in total. The van der Waals surface area contributed by atoms with Gasteiger partial charge in [-0.15, -0.1) is 0 Å². The van der Waals surface area contributed by atoms with E-state index < -0.39 is 0 Å². The third-order valence-electron chi connectivity index (χ3n) is 3.01. The lowest BCUT2D eigenvalue weighted by Crippen LogP contribution is -2.29. The molecule has 1 saturated carbocycles. The Labute approximate surface area is 72.6 Å². The van der Waals surface area contributed by atoms with Gasteiger partial charge in [0.2, 0.25) is 0 Å². The molecule has 2 aliphatic carbocycles. The lowest BCUT2D eigenvalue weighted by molar-refractivity contribution is -0.149. The van der Waals surface area contributed by atoms with Crippen LogP contribution in [0.5, 0.6) is 0 Å². The molecule has 3 atom stereocenters. The van der Waals surface area contributed by atoms with Crippen molar-refractivity contribution < 1.29 is 9.53 Å². The molecule has 2 nitrogen and oxygen atoms in total. The van der Waals surface area contributed by atoms with Gasteiger partial charge in [0.15, 0.2) is 0 Å². The summed E-state index contributed by atoms with van der Waals surface area (Å²) in [6.07, 6.45) is 6.76. The minimum absolute atomic E-state index is 0.130. The van der Waals surface area contributed by atoms with Crippen LogP contribution in [0.15, 0.2) is 12.2 Å². The second-order valence-electron chi connectivity index (χ2n) is 4.16. The summed E-state index contributed by atoms with van der Waals surface area (Å²) in [5, 5.41) is 0. The zero-order valence-corrected chi connectivity index (χ0v) is 7.54. The number of carbonyl (C=O) groups is 1. The van der Waals surface area contributed by atoms with E-state index in [9.17, 15) is 4.79 Å². The zero-order valence-electron chi connectivity index (χ0n) is 7.54. The number of rotatable bonds is 1. The van der Waals surface area contributed by atoms with Gasteiger partial charge in [-0.3, -0.25) is 4.79 Å². The van der Waals surface area contributed by atoms with E-state index in [0.717, 1.165) is 12.8 Å². The second-order valence-corrected chi connectivity index (χ2v) is 4.16. The van der Waals surface area contributed by atoms with E-state index in [-0.39, 0.29) is 17.5 Å². The van der Waals surface area contributed by atoms with Crippen molar-refractivity contribution in [3.05, 3.63) is 12.2 Å². The van der Waals surface area contributed by atoms with Crippen molar-refractivity contribution in [2.24, 2.45) is 11.3 Å². The average Bonchev–Trinajstić information content (AvgIpc) is 2.42. The smallest absolute Gasteiger partial charge is 0.302 e. The van der Waals surface area contributed by atoms with Crippen LogP contribution in [0.25, 0.3) is 0 Å². The number of esters is 1. The van der Waals surface area contributed by atoms with Gasteiger partial charge in [-0.2, -0.15) is 0 Å². The number of fused-ring (bicyclic) bond motifs is 2. The molecule has 0 saturated heterocycles. The topological polar surface area (TPSA) is 26.3 Å². The fourth-order valence-corrected chi connectivity index (χ4v) is 2.38. The van der Waals surface area contributed by atoms with Gasteiger partial charge in [-0.1, -0.05) is 19.1 Å². The fraction of sp³-hybridized carbons (Fsp3) is 0.700. The van der Waals surface area contributed by atoms with Gasteiger partial charge in [0, 0.05) is 12.3 Å². The first kappa shape index (κ1) is 7.84. The Hall–Kier alpha value is -0.790. The Morgan fingerprint density at radius 3 is 2.83 bits per heavy atom. The average molecular weight is 166 g/mol. The van der Waals surface area contributed by atoms with E-state index in [2.05, 4.69) is 19.1 Å². The highest BCUT2D eigenvalue weighted by molar-refractivity contribution is 5.66. The highest BCUT2D eigenvalue weighted by Gasteiger charge is 2.47. The van der Waals surface area contributed by atoms with Crippen LogP contribution in [-0.4, -0.2) is 12.1 Å². The quantitative estimate of drug-likeness (QED) is 0.439. The number of carbonyl (C=O) groups excluding carboxylic acids is 1.